The highest BCUT2D eigenvalue weighted by Gasteiger charge is 2.19. The van der Waals surface area contributed by atoms with Crippen molar-refractivity contribution in [1.82, 2.24) is 4.90 Å². The van der Waals surface area contributed by atoms with Crippen molar-refractivity contribution in [3.8, 4) is 0 Å². The molecule has 0 fully saturated rings. The van der Waals surface area contributed by atoms with Gasteiger partial charge in [-0.3, -0.25) is 4.79 Å². The van der Waals surface area contributed by atoms with Crippen molar-refractivity contribution in [1.29, 1.82) is 0 Å². The number of hydrogen-bond acceptors (Lipinski definition) is 3. The standard InChI is InChI=1S/C19H18FNO2S/c1-23-11-10-21(13-14-6-3-2-4-7-14)19(22)18-12-15-16(20)8-5-9-17(15)24-18/h2-9,12H,10-11,13H2,1H3. The number of rotatable bonds is 6. The third kappa shape index (κ3) is 3.63. The van der Waals surface area contributed by atoms with Gasteiger partial charge in [0.1, 0.15) is 5.82 Å². The smallest absolute Gasteiger partial charge is 0.264 e. The van der Waals surface area contributed by atoms with E-state index in [1.54, 1.807) is 24.1 Å². The summed E-state index contributed by atoms with van der Waals surface area (Å²) in [5.41, 5.74) is 1.05. The van der Waals surface area contributed by atoms with Gasteiger partial charge in [0, 0.05) is 30.3 Å². The van der Waals surface area contributed by atoms with Crippen LogP contribution in [0.25, 0.3) is 10.1 Å². The van der Waals surface area contributed by atoms with Crippen LogP contribution in [0.3, 0.4) is 0 Å². The lowest BCUT2D eigenvalue weighted by atomic mass is 10.2. The molecular weight excluding hydrogens is 325 g/mol. The fourth-order valence-electron chi connectivity index (χ4n) is 2.54. The predicted octanol–water partition coefficient (Wildman–Crippen LogP) is 4.33. The van der Waals surface area contributed by atoms with Gasteiger partial charge in [-0.1, -0.05) is 36.4 Å². The Hall–Kier alpha value is -2.24. The van der Waals surface area contributed by atoms with Gasteiger partial charge in [0.25, 0.3) is 5.91 Å². The van der Waals surface area contributed by atoms with E-state index >= 15 is 0 Å². The molecule has 0 aliphatic heterocycles. The van der Waals surface area contributed by atoms with E-state index in [9.17, 15) is 9.18 Å². The van der Waals surface area contributed by atoms with Crippen LogP contribution in [-0.2, 0) is 11.3 Å². The van der Waals surface area contributed by atoms with Crippen molar-refractivity contribution in [3.05, 3.63) is 70.9 Å². The minimum Gasteiger partial charge on any atom is -0.383 e. The van der Waals surface area contributed by atoms with Gasteiger partial charge < -0.3 is 9.64 Å². The number of amides is 1. The van der Waals surface area contributed by atoms with Crippen LogP contribution in [0.2, 0.25) is 0 Å². The Bertz CT molecular complexity index is 832. The zero-order chi connectivity index (χ0) is 16.9. The number of carbonyl (C=O) groups is 1. The van der Waals surface area contributed by atoms with Crippen LogP contribution in [0, 0.1) is 5.82 Å². The van der Waals surface area contributed by atoms with Gasteiger partial charge >= 0.3 is 0 Å². The lowest BCUT2D eigenvalue weighted by Crippen LogP contribution is -2.33. The first-order valence-electron chi connectivity index (χ1n) is 7.69. The van der Waals surface area contributed by atoms with Crippen LogP contribution in [0.5, 0.6) is 0 Å². The summed E-state index contributed by atoms with van der Waals surface area (Å²) in [6.45, 7) is 1.44. The zero-order valence-corrected chi connectivity index (χ0v) is 14.2. The summed E-state index contributed by atoms with van der Waals surface area (Å²) in [6, 6.07) is 16.4. The topological polar surface area (TPSA) is 29.5 Å². The molecule has 3 nitrogen and oxygen atoms in total. The maximum atomic E-state index is 13.9. The summed E-state index contributed by atoms with van der Waals surface area (Å²) in [7, 11) is 1.61. The summed E-state index contributed by atoms with van der Waals surface area (Å²) in [4.78, 5) is 15.2. The summed E-state index contributed by atoms with van der Waals surface area (Å²) >= 11 is 1.32. The van der Waals surface area contributed by atoms with E-state index in [0.29, 0.717) is 30.0 Å². The van der Waals surface area contributed by atoms with Gasteiger partial charge in [0.2, 0.25) is 0 Å². The maximum absolute atomic E-state index is 13.9. The van der Waals surface area contributed by atoms with Crippen LogP contribution in [0.1, 0.15) is 15.2 Å². The van der Waals surface area contributed by atoms with E-state index in [4.69, 9.17) is 4.74 Å². The van der Waals surface area contributed by atoms with E-state index in [0.717, 1.165) is 10.3 Å². The molecule has 0 spiro atoms. The Kier molecular flexibility index (Phi) is 5.23. The Morgan fingerprint density at radius 2 is 1.96 bits per heavy atom. The molecule has 3 aromatic rings. The number of nitrogens with zero attached hydrogens (tertiary/aromatic N) is 1. The van der Waals surface area contributed by atoms with Crippen LogP contribution < -0.4 is 0 Å². The molecule has 1 amide bonds. The third-order valence-corrected chi connectivity index (χ3v) is 4.88. The molecule has 5 heteroatoms. The molecular formula is C19H18FNO2S. The number of carbonyl (C=O) groups excluding carboxylic acids is 1. The molecule has 0 atom stereocenters. The minimum atomic E-state index is -0.297. The molecule has 0 unspecified atom stereocenters. The second kappa shape index (κ2) is 7.55. The molecule has 0 saturated heterocycles. The first-order valence-corrected chi connectivity index (χ1v) is 8.51. The largest absolute Gasteiger partial charge is 0.383 e. The minimum absolute atomic E-state index is 0.100. The lowest BCUT2D eigenvalue weighted by Gasteiger charge is -2.22. The van der Waals surface area contributed by atoms with E-state index in [2.05, 4.69) is 0 Å². The van der Waals surface area contributed by atoms with Crippen molar-refractivity contribution in [3.63, 3.8) is 0 Å². The predicted molar refractivity (Wildman–Crippen MR) is 94.8 cm³/mol. The summed E-state index contributed by atoms with van der Waals surface area (Å²) in [5, 5.41) is 0.497. The lowest BCUT2D eigenvalue weighted by molar-refractivity contribution is 0.0685. The Morgan fingerprint density at radius 1 is 1.17 bits per heavy atom. The number of benzene rings is 2. The van der Waals surface area contributed by atoms with Gasteiger partial charge in [-0.25, -0.2) is 4.39 Å². The van der Waals surface area contributed by atoms with E-state index < -0.39 is 0 Å². The van der Waals surface area contributed by atoms with Crippen LogP contribution in [-0.4, -0.2) is 31.1 Å². The van der Waals surface area contributed by atoms with Crippen LogP contribution >= 0.6 is 11.3 Å². The average Bonchev–Trinajstić information content (AvgIpc) is 3.04. The molecule has 0 radical (unpaired) electrons. The fourth-order valence-corrected chi connectivity index (χ4v) is 3.59. The highest BCUT2D eigenvalue weighted by Crippen LogP contribution is 2.28. The van der Waals surface area contributed by atoms with Crippen molar-refractivity contribution >= 4 is 27.3 Å². The second-order valence-corrected chi connectivity index (χ2v) is 6.55. The van der Waals surface area contributed by atoms with Crippen molar-refractivity contribution in [2.45, 2.75) is 6.54 Å². The van der Waals surface area contributed by atoms with Crippen LogP contribution in [0.4, 0.5) is 4.39 Å². The average molecular weight is 343 g/mol. The first kappa shape index (κ1) is 16.6. The van der Waals surface area contributed by atoms with Gasteiger partial charge in [-0.05, 0) is 23.8 Å². The highest BCUT2D eigenvalue weighted by molar-refractivity contribution is 7.20. The number of methoxy groups -OCH3 is 1. The summed E-state index contributed by atoms with van der Waals surface area (Å²) < 4.78 is 19.8. The quantitative estimate of drug-likeness (QED) is 0.667. The molecule has 0 saturated carbocycles. The van der Waals surface area contributed by atoms with Gasteiger partial charge in [0.15, 0.2) is 0 Å². The third-order valence-electron chi connectivity index (χ3n) is 3.79. The number of fused-ring (bicyclic) bond motifs is 1. The highest BCUT2D eigenvalue weighted by atomic mass is 32.1. The Labute approximate surface area is 144 Å². The maximum Gasteiger partial charge on any atom is 0.264 e. The molecule has 0 bridgehead atoms. The number of halogens is 1. The SMILES string of the molecule is COCCN(Cc1ccccc1)C(=O)c1cc2c(F)cccc2s1. The zero-order valence-electron chi connectivity index (χ0n) is 13.4. The number of hydrogen-bond donors (Lipinski definition) is 0. The molecule has 1 aromatic heterocycles. The van der Waals surface area contributed by atoms with Crippen molar-refractivity contribution in [2.75, 3.05) is 20.3 Å². The van der Waals surface area contributed by atoms with Gasteiger partial charge in [-0.2, -0.15) is 0 Å². The normalized spacial score (nSPS) is 10.9. The molecule has 24 heavy (non-hydrogen) atoms. The summed E-state index contributed by atoms with van der Waals surface area (Å²) in [5.74, 6) is -0.397. The Morgan fingerprint density at radius 3 is 2.67 bits per heavy atom. The van der Waals surface area contributed by atoms with Crippen LogP contribution in [0.15, 0.2) is 54.6 Å². The number of thiophene rings is 1. The van der Waals surface area contributed by atoms with E-state index in [1.807, 2.05) is 36.4 Å². The molecule has 124 valence electrons. The van der Waals surface area contributed by atoms with Crippen molar-refractivity contribution < 1.29 is 13.9 Å². The molecule has 2 aromatic carbocycles. The van der Waals surface area contributed by atoms with Gasteiger partial charge in [-0.15, -0.1) is 11.3 Å². The Balaban J connectivity index is 1.87. The van der Waals surface area contributed by atoms with Gasteiger partial charge in [0.05, 0.1) is 11.5 Å². The van der Waals surface area contributed by atoms with E-state index in [-0.39, 0.29) is 11.7 Å². The first-order chi connectivity index (χ1) is 11.7. The monoisotopic (exact) mass is 343 g/mol. The second-order valence-electron chi connectivity index (χ2n) is 5.47. The van der Waals surface area contributed by atoms with E-state index in [1.165, 1.54) is 17.4 Å². The molecule has 3 rings (SSSR count). The molecule has 1 heterocycles. The van der Waals surface area contributed by atoms with Crippen molar-refractivity contribution in [2.24, 2.45) is 0 Å². The fraction of sp³-hybridized carbons (Fsp3) is 0.211. The molecule has 0 N–H and O–H groups in total. The molecule has 0 aliphatic carbocycles. The number of ether oxygens (including phenoxy) is 1. The summed E-state index contributed by atoms with van der Waals surface area (Å²) in [6.07, 6.45) is 0. The molecule has 0 aliphatic rings.